The van der Waals surface area contributed by atoms with Gasteiger partial charge in [-0.15, -0.1) is 0 Å². The predicted octanol–water partition coefficient (Wildman–Crippen LogP) is 5.95. The van der Waals surface area contributed by atoms with E-state index in [0.29, 0.717) is 17.0 Å². The molecule has 2 unspecified atom stereocenters. The van der Waals surface area contributed by atoms with Gasteiger partial charge in [-0.2, -0.15) is 0 Å². The van der Waals surface area contributed by atoms with Crippen LogP contribution in [-0.2, 0) is 4.74 Å². The Kier molecular flexibility index (Phi) is 6.68. The van der Waals surface area contributed by atoms with E-state index < -0.39 is 18.7 Å². The van der Waals surface area contributed by atoms with Crippen LogP contribution in [0.3, 0.4) is 0 Å². The maximum Gasteiger partial charge on any atom is 0.338 e. The Balaban J connectivity index is 2.40. The van der Waals surface area contributed by atoms with Gasteiger partial charge in [0.2, 0.25) is 0 Å². The summed E-state index contributed by atoms with van der Waals surface area (Å²) < 4.78 is 13.6. The maximum atomic E-state index is 13.1. The lowest BCUT2D eigenvalue weighted by Crippen LogP contribution is -2.18. The standard InChI is InChI=1S/C24H32O3/c1-15(2)19-12-20(16(3)4)23(21(13-19)17(5)6)24(26)27-14-22(25)18-10-8-7-9-11-18/h7-13,15-17,22,25H,14H2,1-6H3/i14D. The van der Waals surface area contributed by atoms with Gasteiger partial charge < -0.3 is 9.84 Å². The average Bonchev–Trinajstić information content (AvgIpc) is 2.66. The third kappa shape index (κ3) is 5.20. The quantitative estimate of drug-likeness (QED) is 0.614. The van der Waals surface area contributed by atoms with Gasteiger partial charge >= 0.3 is 5.97 Å². The van der Waals surface area contributed by atoms with E-state index in [2.05, 4.69) is 53.7 Å². The highest BCUT2D eigenvalue weighted by atomic mass is 16.5. The molecule has 0 saturated heterocycles. The predicted molar refractivity (Wildman–Crippen MR) is 110 cm³/mol. The van der Waals surface area contributed by atoms with Crippen molar-refractivity contribution in [1.82, 2.24) is 0 Å². The van der Waals surface area contributed by atoms with Crippen LogP contribution in [0.25, 0.3) is 0 Å². The SMILES string of the molecule is [2H]C(OC(=O)c1c(C(C)C)cc(C(C)C)cc1C(C)C)C(O)c1ccccc1. The van der Waals surface area contributed by atoms with Crippen molar-refractivity contribution in [3.8, 4) is 0 Å². The van der Waals surface area contributed by atoms with E-state index >= 15 is 0 Å². The van der Waals surface area contributed by atoms with Gasteiger partial charge in [-0.25, -0.2) is 4.79 Å². The van der Waals surface area contributed by atoms with E-state index in [4.69, 9.17) is 6.11 Å². The van der Waals surface area contributed by atoms with Crippen LogP contribution in [0.15, 0.2) is 42.5 Å². The van der Waals surface area contributed by atoms with Gasteiger partial charge in [0.05, 0.1) is 6.93 Å². The van der Waals surface area contributed by atoms with Crippen LogP contribution in [0.4, 0.5) is 0 Å². The summed E-state index contributed by atoms with van der Waals surface area (Å²) in [6.07, 6.45) is -1.19. The lowest BCUT2D eigenvalue weighted by molar-refractivity contribution is 0.0251. The number of benzene rings is 2. The summed E-state index contributed by atoms with van der Waals surface area (Å²) in [5, 5.41) is 10.4. The van der Waals surface area contributed by atoms with Crippen LogP contribution in [-0.4, -0.2) is 17.7 Å². The Morgan fingerprint density at radius 1 is 0.926 bits per heavy atom. The topological polar surface area (TPSA) is 46.5 Å². The molecule has 0 aliphatic heterocycles. The Morgan fingerprint density at radius 3 is 1.89 bits per heavy atom. The van der Waals surface area contributed by atoms with E-state index in [1.54, 1.807) is 24.3 Å². The summed E-state index contributed by atoms with van der Waals surface area (Å²) in [6, 6.07) is 13.0. The summed E-state index contributed by atoms with van der Waals surface area (Å²) in [6.45, 7) is 11.1. The number of aliphatic hydroxyl groups is 1. The number of hydrogen-bond donors (Lipinski definition) is 1. The third-order valence-corrected chi connectivity index (χ3v) is 4.78. The lowest BCUT2D eigenvalue weighted by atomic mass is 9.84. The maximum absolute atomic E-state index is 13.1. The molecule has 2 aromatic carbocycles. The van der Waals surface area contributed by atoms with Crippen LogP contribution in [0.5, 0.6) is 0 Å². The zero-order valence-electron chi connectivity index (χ0n) is 18.2. The molecule has 2 aromatic rings. The molecule has 0 amide bonds. The highest BCUT2D eigenvalue weighted by molar-refractivity contribution is 5.93. The van der Waals surface area contributed by atoms with Crippen molar-refractivity contribution in [2.75, 3.05) is 6.58 Å². The van der Waals surface area contributed by atoms with Crippen molar-refractivity contribution in [2.45, 2.75) is 65.4 Å². The van der Waals surface area contributed by atoms with Crippen LogP contribution in [0, 0.1) is 0 Å². The molecule has 0 bridgehead atoms. The van der Waals surface area contributed by atoms with Gasteiger partial charge in [0.1, 0.15) is 12.7 Å². The van der Waals surface area contributed by atoms with E-state index in [0.717, 1.165) is 11.1 Å². The third-order valence-electron chi connectivity index (χ3n) is 4.78. The highest BCUT2D eigenvalue weighted by Crippen LogP contribution is 2.32. The number of rotatable bonds is 7. The molecule has 2 atom stereocenters. The van der Waals surface area contributed by atoms with Crippen molar-refractivity contribution >= 4 is 5.97 Å². The molecule has 0 fully saturated rings. The summed E-state index contributed by atoms with van der Waals surface area (Å²) in [7, 11) is 0. The minimum absolute atomic E-state index is 0.141. The molecule has 0 aromatic heterocycles. The van der Waals surface area contributed by atoms with E-state index in [9.17, 15) is 9.90 Å². The number of aliphatic hydroxyl groups excluding tert-OH is 1. The van der Waals surface area contributed by atoms with E-state index in [-0.39, 0.29) is 11.8 Å². The zero-order valence-corrected chi connectivity index (χ0v) is 17.2. The number of carbonyl (C=O) groups excluding carboxylic acids is 1. The Hall–Kier alpha value is -2.13. The molecule has 3 heteroatoms. The van der Waals surface area contributed by atoms with E-state index in [1.165, 1.54) is 5.56 Å². The molecule has 0 radical (unpaired) electrons. The molecular formula is C24H32O3. The van der Waals surface area contributed by atoms with Gasteiger partial charge in [0.15, 0.2) is 0 Å². The molecule has 146 valence electrons. The molecule has 3 nitrogen and oxygen atoms in total. The van der Waals surface area contributed by atoms with Crippen LogP contribution in [0.1, 0.15) is 99.4 Å². The molecule has 0 aliphatic carbocycles. The molecule has 1 N–H and O–H groups in total. The Morgan fingerprint density at radius 2 is 1.44 bits per heavy atom. The second-order valence-corrected chi connectivity index (χ2v) is 7.94. The Labute approximate surface area is 164 Å². The number of esters is 1. The average molecular weight is 370 g/mol. The fourth-order valence-corrected chi connectivity index (χ4v) is 3.11. The monoisotopic (exact) mass is 369 g/mol. The van der Waals surface area contributed by atoms with Crippen LogP contribution >= 0.6 is 0 Å². The highest BCUT2D eigenvalue weighted by Gasteiger charge is 2.24. The van der Waals surface area contributed by atoms with E-state index in [1.807, 2.05) is 6.07 Å². The van der Waals surface area contributed by atoms with Crippen LogP contribution < -0.4 is 0 Å². The van der Waals surface area contributed by atoms with Crippen molar-refractivity contribution < 1.29 is 16.0 Å². The van der Waals surface area contributed by atoms with Gasteiger partial charge in [-0.3, -0.25) is 0 Å². The smallest absolute Gasteiger partial charge is 0.338 e. The molecule has 0 heterocycles. The van der Waals surface area contributed by atoms with Crippen molar-refractivity contribution in [2.24, 2.45) is 0 Å². The van der Waals surface area contributed by atoms with Crippen molar-refractivity contribution in [1.29, 1.82) is 0 Å². The first kappa shape index (κ1) is 19.6. The summed E-state index contributed by atoms with van der Waals surface area (Å²) >= 11 is 0. The molecule has 0 aliphatic rings. The minimum atomic E-state index is -1.39. The Bertz CT molecular complexity index is 768. The first-order valence-electron chi connectivity index (χ1n) is 10.2. The fourth-order valence-electron chi connectivity index (χ4n) is 3.11. The normalized spacial score (nSPS) is 14.4. The minimum Gasteiger partial charge on any atom is -0.459 e. The summed E-state index contributed by atoms with van der Waals surface area (Å²) in [5.41, 5.74) is 4.14. The first-order chi connectivity index (χ1) is 13.1. The van der Waals surface area contributed by atoms with Crippen molar-refractivity contribution in [3.63, 3.8) is 0 Å². The first-order valence-corrected chi connectivity index (χ1v) is 9.67. The second kappa shape index (κ2) is 9.18. The largest absolute Gasteiger partial charge is 0.459 e. The molecular weight excluding hydrogens is 336 g/mol. The number of hydrogen-bond acceptors (Lipinski definition) is 3. The zero-order chi connectivity index (χ0) is 21.0. The number of carbonyl (C=O) groups is 1. The molecule has 2 rings (SSSR count). The molecule has 27 heavy (non-hydrogen) atoms. The number of ether oxygens (including phenoxy) is 1. The molecule has 0 saturated carbocycles. The van der Waals surface area contributed by atoms with Crippen LogP contribution in [0.2, 0.25) is 0 Å². The summed E-state index contributed by atoms with van der Waals surface area (Å²) in [5.74, 6) is 0.0885. The lowest BCUT2D eigenvalue weighted by Gasteiger charge is -2.22. The molecule has 0 spiro atoms. The van der Waals surface area contributed by atoms with Gasteiger partial charge in [0, 0.05) is 0 Å². The second-order valence-electron chi connectivity index (χ2n) is 7.94. The van der Waals surface area contributed by atoms with Gasteiger partial charge in [-0.1, -0.05) is 84.0 Å². The van der Waals surface area contributed by atoms with Gasteiger partial charge in [-0.05, 0) is 40.0 Å². The summed E-state index contributed by atoms with van der Waals surface area (Å²) in [4.78, 5) is 13.1. The fraction of sp³-hybridized carbons (Fsp3) is 0.458. The van der Waals surface area contributed by atoms with Crippen molar-refractivity contribution in [3.05, 3.63) is 70.3 Å². The van der Waals surface area contributed by atoms with Gasteiger partial charge in [0.25, 0.3) is 0 Å².